The van der Waals surface area contributed by atoms with Gasteiger partial charge < -0.3 is 13.9 Å². The first-order chi connectivity index (χ1) is 27.8. The molecule has 0 radical (unpaired) electrons. The van der Waals surface area contributed by atoms with Crippen LogP contribution in [0.1, 0.15) is 0 Å². The van der Waals surface area contributed by atoms with Crippen molar-refractivity contribution in [3.63, 3.8) is 0 Å². The third kappa shape index (κ3) is 4.57. The third-order valence-corrected chi connectivity index (χ3v) is 12.5. The van der Waals surface area contributed by atoms with Crippen LogP contribution >= 0.6 is 11.3 Å². The highest BCUT2D eigenvalue weighted by Crippen LogP contribution is 2.49. The van der Waals surface area contributed by atoms with Gasteiger partial charge in [-0.05, 0) is 83.1 Å². The van der Waals surface area contributed by atoms with Crippen LogP contribution < -0.4 is 4.90 Å². The Labute approximate surface area is 326 Å². The summed E-state index contributed by atoms with van der Waals surface area (Å²) in [5.74, 6) is 0. The minimum Gasteiger partial charge on any atom is -0.456 e. The maximum absolute atomic E-state index is 6.71. The van der Waals surface area contributed by atoms with Crippen LogP contribution in [0.2, 0.25) is 0 Å². The van der Waals surface area contributed by atoms with Crippen LogP contribution in [0.15, 0.2) is 199 Å². The van der Waals surface area contributed by atoms with Crippen molar-refractivity contribution < 1.29 is 4.42 Å². The molecular formula is C52H32N2OS. The lowest BCUT2D eigenvalue weighted by Gasteiger charge is -2.26. The van der Waals surface area contributed by atoms with Crippen molar-refractivity contribution in [1.29, 1.82) is 0 Å². The predicted octanol–water partition coefficient (Wildman–Crippen LogP) is 15.3. The van der Waals surface area contributed by atoms with E-state index in [4.69, 9.17) is 4.42 Å². The Morgan fingerprint density at radius 3 is 1.96 bits per heavy atom. The molecule has 4 heteroatoms. The Kier molecular flexibility index (Phi) is 6.80. The molecule has 3 nitrogen and oxygen atoms in total. The Morgan fingerprint density at radius 2 is 1.09 bits per heavy atom. The molecule has 3 heterocycles. The van der Waals surface area contributed by atoms with Crippen molar-refractivity contribution in [2.75, 3.05) is 4.90 Å². The molecule has 0 unspecified atom stereocenters. The molecule has 0 N–H and O–H groups in total. The molecule has 12 rings (SSSR count). The molecule has 262 valence electrons. The van der Waals surface area contributed by atoms with Crippen LogP contribution in [0.4, 0.5) is 17.1 Å². The third-order valence-electron chi connectivity index (χ3n) is 11.4. The number of hydrogen-bond donors (Lipinski definition) is 0. The van der Waals surface area contributed by atoms with Crippen molar-refractivity contribution in [3.8, 4) is 16.8 Å². The zero-order valence-corrected chi connectivity index (χ0v) is 31.0. The van der Waals surface area contributed by atoms with Crippen LogP contribution in [0.3, 0.4) is 0 Å². The quantitative estimate of drug-likeness (QED) is 0.176. The molecule has 56 heavy (non-hydrogen) atoms. The van der Waals surface area contributed by atoms with E-state index in [0.717, 1.165) is 50.0 Å². The Hall–Kier alpha value is -7.14. The van der Waals surface area contributed by atoms with E-state index in [1.165, 1.54) is 58.5 Å². The van der Waals surface area contributed by atoms with Crippen LogP contribution in [-0.2, 0) is 0 Å². The van der Waals surface area contributed by atoms with Gasteiger partial charge in [-0.25, -0.2) is 0 Å². The van der Waals surface area contributed by atoms with Crippen molar-refractivity contribution in [2.45, 2.75) is 0 Å². The normalized spacial score (nSPS) is 11.9. The van der Waals surface area contributed by atoms with Gasteiger partial charge in [-0.15, -0.1) is 11.3 Å². The van der Waals surface area contributed by atoms with E-state index >= 15 is 0 Å². The van der Waals surface area contributed by atoms with Crippen molar-refractivity contribution in [2.24, 2.45) is 0 Å². The minimum atomic E-state index is 0.883. The lowest BCUT2D eigenvalue weighted by molar-refractivity contribution is 0.669. The number of thiophene rings is 1. The van der Waals surface area contributed by atoms with Crippen LogP contribution in [0, 0.1) is 0 Å². The summed E-state index contributed by atoms with van der Waals surface area (Å²) in [6.45, 7) is 0. The molecule has 0 saturated heterocycles. The Balaban J connectivity index is 1.12. The SMILES string of the molecule is c1ccc(N(c2ccc(-n3c4ccccc4c4c(-c5cccc6ccccc56)c5c(cc43)oc3ccccc35)cc2)c2cccc3sc4ccccc4c23)cc1. The molecule has 0 atom stereocenters. The number of rotatable bonds is 5. The van der Waals surface area contributed by atoms with Crippen molar-refractivity contribution >= 4 is 103 Å². The molecular weight excluding hydrogens is 701 g/mol. The fourth-order valence-corrected chi connectivity index (χ4v) is 10.1. The second kappa shape index (κ2) is 12.2. The number of hydrogen-bond acceptors (Lipinski definition) is 3. The molecule has 0 fully saturated rings. The molecule has 12 aromatic rings. The highest BCUT2D eigenvalue weighted by Gasteiger charge is 2.24. The maximum atomic E-state index is 6.71. The van der Waals surface area contributed by atoms with Gasteiger partial charge in [0.15, 0.2) is 0 Å². The Morgan fingerprint density at radius 1 is 0.429 bits per heavy atom. The number of nitrogens with zero attached hydrogens (tertiary/aromatic N) is 2. The summed E-state index contributed by atoms with van der Waals surface area (Å²) in [6.07, 6.45) is 0. The molecule has 9 aromatic carbocycles. The van der Waals surface area contributed by atoms with Crippen LogP contribution in [-0.4, -0.2) is 4.57 Å². The highest BCUT2D eigenvalue weighted by molar-refractivity contribution is 7.26. The van der Waals surface area contributed by atoms with Gasteiger partial charge in [-0.2, -0.15) is 0 Å². The molecule has 0 aliphatic carbocycles. The topological polar surface area (TPSA) is 21.3 Å². The summed E-state index contributed by atoms with van der Waals surface area (Å²) >= 11 is 1.85. The molecule has 0 bridgehead atoms. The summed E-state index contributed by atoms with van der Waals surface area (Å²) in [5, 5.41) is 9.72. The number of aromatic nitrogens is 1. The highest BCUT2D eigenvalue weighted by atomic mass is 32.1. The fourth-order valence-electron chi connectivity index (χ4n) is 9.02. The first-order valence-electron chi connectivity index (χ1n) is 19.0. The zero-order valence-electron chi connectivity index (χ0n) is 30.2. The van der Waals surface area contributed by atoms with Gasteiger partial charge >= 0.3 is 0 Å². The molecule has 0 saturated carbocycles. The lowest BCUT2D eigenvalue weighted by Crippen LogP contribution is -2.10. The summed E-state index contributed by atoms with van der Waals surface area (Å²) in [4.78, 5) is 2.40. The van der Waals surface area contributed by atoms with Gasteiger partial charge in [-0.3, -0.25) is 0 Å². The molecule has 0 aliphatic rings. The van der Waals surface area contributed by atoms with Crippen LogP contribution in [0.5, 0.6) is 0 Å². The molecule has 0 amide bonds. The summed E-state index contributed by atoms with van der Waals surface area (Å²) in [7, 11) is 0. The Bertz CT molecular complexity index is 3480. The maximum Gasteiger partial charge on any atom is 0.138 e. The smallest absolute Gasteiger partial charge is 0.138 e. The van der Waals surface area contributed by atoms with Gasteiger partial charge in [0.2, 0.25) is 0 Å². The molecule has 0 spiro atoms. The van der Waals surface area contributed by atoms with E-state index in [0.29, 0.717) is 0 Å². The van der Waals surface area contributed by atoms with E-state index in [-0.39, 0.29) is 0 Å². The average molecular weight is 733 g/mol. The fraction of sp³-hybridized carbons (Fsp3) is 0. The number of fused-ring (bicyclic) bond motifs is 10. The van der Waals surface area contributed by atoms with E-state index in [9.17, 15) is 0 Å². The molecule has 0 aliphatic heterocycles. The monoisotopic (exact) mass is 732 g/mol. The minimum absolute atomic E-state index is 0.883. The van der Waals surface area contributed by atoms with E-state index in [1.807, 2.05) is 11.3 Å². The average Bonchev–Trinajstić information content (AvgIpc) is 3.93. The second-order valence-corrected chi connectivity index (χ2v) is 15.5. The van der Waals surface area contributed by atoms with Gasteiger partial charge in [0, 0.05) is 70.4 Å². The predicted molar refractivity (Wildman–Crippen MR) is 239 cm³/mol. The first-order valence-corrected chi connectivity index (χ1v) is 19.8. The second-order valence-electron chi connectivity index (χ2n) is 14.4. The number of furan rings is 1. The van der Waals surface area contributed by atoms with Crippen LogP contribution in [0.25, 0.3) is 91.5 Å². The number of para-hydroxylation sites is 3. The van der Waals surface area contributed by atoms with Gasteiger partial charge in [-0.1, -0.05) is 121 Å². The largest absolute Gasteiger partial charge is 0.456 e. The van der Waals surface area contributed by atoms with Crippen molar-refractivity contribution in [1.82, 2.24) is 4.57 Å². The summed E-state index contributed by atoms with van der Waals surface area (Å²) in [6, 6.07) is 70.1. The van der Waals surface area contributed by atoms with E-state index < -0.39 is 0 Å². The van der Waals surface area contributed by atoms with Gasteiger partial charge in [0.25, 0.3) is 0 Å². The standard InChI is InChI=1S/C52H32N2OS/c1-2-16-34(17-3-1)53(43-24-13-27-48-49(43)41-21-8-11-26-47(41)56-48)35-28-30-36(31-29-35)54-42-23-9-6-19-39(42)50-44(54)32-46-51(40-20-7-10-25-45(40)55-46)52(50)38-22-12-15-33-14-4-5-18-37(33)38/h1-32H. The number of benzene rings is 9. The van der Waals surface area contributed by atoms with Gasteiger partial charge in [0.05, 0.1) is 16.7 Å². The first kappa shape index (κ1) is 31.2. The summed E-state index contributed by atoms with van der Waals surface area (Å²) in [5.41, 5.74) is 10.9. The van der Waals surface area contributed by atoms with Gasteiger partial charge in [0.1, 0.15) is 11.2 Å². The molecule has 3 aromatic heterocycles. The number of anilines is 3. The zero-order chi connectivity index (χ0) is 36.7. The van der Waals surface area contributed by atoms with Crippen molar-refractivity contribution in [3.05, 3.63) is 194 Å². The van der Waals surface area contributed by atoms with E-state index in [1.54, 1.807) is 0 Å². The summed E-state index contributed by atoms with van der Waals surface area (Å²) < 4.78 is 11.7. The van der Waals surface area contributed by atoms with E-state index in [2.05, 4.69) is 204 Å². The lowest BCUT2D eigenvalue weighted by atomic mass is 9.91.